The molecule has 3 N–H and O–H groups in total. The molecule has 0 aliphatic heterocycles. The molecule has 0 rings (SSSR count). The van der Waals surface area contributed by atoms with Crippen molar-refractivity contribution in [3.05, 3.63) is 72.9 Å². The van der Waals surface area contributed by atoms with E-state index in [0.29, 0.717) is 12.8 Å². The number of allylic oxidation sites excluding steroid dienone is 12. The molecule has 0 radical (unpaired) electrons. The van der Waals surface area contributed by atoms with Gasteiger partial charge in [-0.3, -0.25) is 4.79 Å². The number of rotatable bonds is 71. The van der Waals surface area contributed by atoms with E-state index in [2.05, 4.69) is 92.1 Å². The first kappa shape index (κ1) is 81.8. The Kier molecular flexibility index (Phi) is 73.1. The number of amides is 1. The number of aliphatic hydroxyl groups is 2. The third kappa shape index (κ3) is 70.6. The van der Waals surface area contributed by atoms with Crippen molar-refractivity contribution in [2.24, 2.45) is 0 Å². The minimum absolute atomic E-state index is 0.0234. The van der Waals surface area contributed by atoms with E-state index in [0.717, 1.165) is 64.2 Å². The average Bonchev–Trinajstić information content (AvgIpc) is 3.51. The van der Waals surface area contributed by atoms with Gasteiger partial charge in [-0.25, -0.2) is 0 Å². The standard InChI is InChI=1S/C80H149NO3/c1-3-5-7-9-11-13-15-17-19-21-23-25-27-29-31-33-35-36-37-38-39-40-41-42-43-44-46-48-50-52-54-56-58-60-62-64-66-68-70-72-74-76-80(84)81-78(77-82)79(83)75-73-71-69-67-65-63-61-59-57-55-53-51-49-47-45-34-32-30-28-26-24-22-20-18-16-14-12-10-8-6-4-2/h5,7,11,13,17,19,23,25,29,31,35-36,78-79,82-83H,3-4,6,8-10,12,14-16,18,20-22,24,26-28,30,32-34,37-77H2,1-2H3,(H,81,84)/b7-5-,13-11-,19-17-,25-23-,31-29-,36-35-. The van der Waals surface area contributed by atoms with Crippen molar-refractivity contribution in [3.8, 4) is 0 Å². The molecule has 2 unspecified atom stereocenters. The molecule has 2 atom stereocenters. The van der Waals surface area contributed by atoms with Crippen LogP contribution in [0.15, 0.2) is 72.9 Å². The van der Waals surface area contributed by atoms with E-state index in [-0.39, 0.29) is 12.5 Å². The van der Waals surface area contributed by atoms with Crippen molar-refractivity contribution < 1.29 is 15.0 Å². The lowest BCUT2D eigenvalue weighted by molar-refractivity contribution is -0.123. The zero-order valence-electron chi connectivity index (χ0n) is 56.9. The van der Waals surface area contributed by atoms with Crippen LogP contribution in [0.5, 0.6) is 0 Å². The summed E-state index contributed by atoms with van der Waals surface area (Å²) in [7, 11) is 0. The van der Waals surface area contributed by atoms with Gasteiger partial charge in [-0.05, 0) is 64.2 Å². The number of aliphatic hydroxyl groups excluding tert-OH is 2. The summed E-state index contributed by atoms with van der Waals surface area (Å²) in [6.07, 6.45) is 108. The Morgan fingerprint density at radius 2 is 0.524 bits per heavy atom. The summed E-state index contributed by atoms with van der Waals surface area (Å²) in [6.45, 7) is 4.29. The summed E-state index contributed by atoms with van der Waals surface area (Å²) in [6, 6.07) is -0.539. The normalized spacial score (nSPS) is 13.0. The van der Waals surface area contributed by atoms with E-state index in [1.54, 1.807) is 0 Å². The number of hydrogen-bond donors (Lipinski definition) is 3. The van der Waals surface area contributed by atoms with E-state index >= 15 is 0 Å². The van der Waals surface area contributed by atoms with Crippen LogP contribution in [0, 0.1) is 0 Å². The second kappa shape index (κ2) is 75.1. The first-order chi connectivity index (χ1) is 41.7. The molecule has 0 aromatic heterocycles. The molecule has 0 bridgehead atoms. The van der Waals surface area contributed by atoms with Gasteiger partial charge in [0.15, 0.2) is 0 Å². The molecule has 0 aliphatic rings. The van der Waals surface area contributed by atoms with E-state index in [1.165, 1.54) is 321 Å². The minimum atomic E-state index is -0.662. The van der Waals surface area contributed by atoms with Crippen molar-refractivity contribution >= 4 is 5.91 Å². The number of nitrogens with one attached hydrogen (secondary N) is 1. The zero-order valence-corrected chi connectivity index (χ0v) is 56.9. The van der Waals surface area contributed by atoms with Crippen LogP contribution < -0.4 is 5.32 Å². The summed E-state index contributed by atoms with van der Waals surface area (Å²) in [5.74, 6) is -0.0234. The van der Waals surface area contributed by atoms with Crippen LogP contribution in [0.1, 0.15) is 412 Å². The van der Waals surface area contributed by atoms with Gasteiger partial charge >= 0.3 is 0 Å². The van der Waals surface area contributed by atoms with E-state index < -0.39 is 12.1 Å². The van der Waals surface area contributed by atoms with Crippen LogP contribution in [0.3, 0.4) is 0 Å². The monoisotopic (exact) mass is 1170 g/mol. The minimum Gasteiger partial charge on any atom is -0.394 e. The second-order valence-electron chi connectivity index (χ2n) is 26.1. The lowest BCUT2D eigenvalue weighted by atomic mass is 10.0. The maximum absolute atomic E-state index is 12.6. The van der Waals surface area contributed by atoms with Crippen LogP contribution in [0.2, 0.25) is 0 Å². The average molecular weight is 1170 g/mol. The summed E-state index contributed by atoms with van der Waals surface area (Å²) in [4.78, 5) is 12.6. The SMILES string of the molecule is CC/C=C\C/C=C\C/C=C\C/C=C\C/C=C\C/C=C\CCCCCCCCCCCCCCCCCCCCCCCCC(=O)NC(CO)C(O)CCCCCCCCCCCCCCCCCCCCCCCCCCCCCCCCC. The van der Waals surface area contributed by atoms with Crippen LogP contribution in [0.4, 0.5) is 0 Å². The van der Waals surface area contributed by atoms with Gasteiger partial charge in [0, 0.05) is 6.42 Å². The molecule has 0 aromatic rings. The molecule has 492 valence electrons. The molecule has 0 saturated carbocycles. The summed E-state index contributed by atoms with van der Waals surface area (Å²) >= 11 is 0. The molecule has 84 heavy (non-hydrogen) atoms. The Hall–Kier alpha value is -2.17. The number of carbonyl (C=O) groups excluding carboxylic acids is 1. The van der Waals surface area contributed by atoms with Gasteiger partial charge in [-0.15, -0.1) is 0 Å². The first-order valence-corrected chi connectivity index (χ1v) is 38.1. The number of carbonyl (C=O) groups is 1. The lowest BCUT2D eigenvalue weighted by Gasteiger charge is -2.22. The maximum atomic E-state index is 12.6. The van der Waals surface area contributed by atoms with Crippen LogP contribution >= 0.6 is 0 Å². The molecule has 0 aliphatic carbocycles. The molecule has 1 amide bonds. The Bertz CT molecular complexity index is 1420. The smallest absolute Gasteiger partial charge is 0.220 e. The molecule has 0 spiro atoms. The zero-order chi connectivity index (χ0) is 60.5. The van der Waals surface area contributed by atoms with Gasteiger partial charge in [0.25, 0.3) is 0 Å². The van der Waals surface area contributed by atoms with Crippen molar-refractivity contribution in [3.63, 3.8) is 0 Å². The van der Waals surface area contributed by atoms with Gasteiger partial charge in [0.05, 0.1) is 18.8 Å². The Labute approximate surface area is 527 Å². The predicted molar refractivity (Wildman–Crippen MR) is 377 cm³/mol. The van der Waals surface area contributed by atoms with Crippen LogP contribution in [-0.2, 0) is 4.79 Å². The largest absolute Gasteiger partial charge is 0.394 e. The Morgan fingerprint density at radius 1 is 0.298 bits per heavy atom. The fourth-order valence-electron chi connectivity index (χ4n) is 12.0. The molecule has 4 heteroatoms. The number of hydrogen-bond acceptors (Lipinski definition) is 3. The fourth-order valence-corrected chi connectivity index (χ4v) is 12.0. The molecule has 0 fully saturated rings. The number of unbranched alkanes of at least 4 members (excludes halogenated alkanes) is 52. The van der Waals surface area contributed by atoms with E-state index in [1.807, 2.05) is 0 Å². The van der Waals surface area contributed by atoms with Gasteiger partial charge in [-0.1, -0.05) is 414 Å². The first-order valence-electron chi connectivity index (χ1n) is 38.1. The van der Waals surface area contributed by atoms with E-state index in [4.69, 9.17) is 0 Å². The van der Waals surface area contributed by atoms with Crippen molar-refractivity contribution in [2.75, 3.05) is 6.61 Å². The van der Waals surface area contributed by atoms with Crippen LogP contribution in [0.25, 0.3) is 0 Å². The molecule has 0 aromatic carbocycles. The molecule has 4 nitrogen and oxygen atoms in total. The topological polar surface area (TPSA) is 69.6 Å². The van der Waals surface area contributed by atoms with Gasteiger partial charge in [0.1, 0.15) is 0 Å². The molecular formula is C80H149NO3. The second-order valence-corrected chi connectivity index (χ2v) is 26.1. The third-order valence-electron chi connectivity index (χ3n) is 17.7. The fraction of sp³-hybridized carbons (Fsp3) is 0.838. The van der Waals surface area contributed by atoms with Crippen molar-refractivity contribution in [1.82, 2.24) is 5.32 Å². The lowest BCUT2D eigenvalue weighted by Crippen LogP contribution is -2.45. The summed E-state index contributed by atoms with van der Waals surface area (Å²) < 4.78 is 0. The quantitative estimate of drug-likeness (QED) is 0.0420. The highest BCUT2D eigenvalue weighted by Crippen LogP contribution is 2.20. The van der Waals surface area contributed by atoms with Gasteiger partial charge in [-0.2, -0.15) is 0 Å². The maximum Gasteiger partial charge on any atom is 0.220 e. The Morgan fingerprint density at radius 3 is 0.786 bits per heavy atom. The Balaban J connectivity index is 3.39. The van der Waals surface area contributed by atoms with Crippen molar-refractivity contribution in [1.29, 1.82) is 0 Å². The summed E-state index contributed by atoms with van der Waals surface area (Å²) in [5, 5.41) is 23.5. The molecule has 0 saturated heterocycles. The summed E-state index contributed by atoms with van der Waals surface area (Å²) in [5.41, 5.74) is 0. The molecule has 0 heterocycles. The van der Waals surface area contributed by atoms with Crippen molar-refractivity contribution in [2.45, 2.75) is 424 Å². The van der Waals surface area contributed by atoms with Gasteiger partial charge in [0.2, 0.25) is 5.91 Å². The highest BCUT2D eigenvalue weighted by atomic mass is 16.3. The van der Waals surface area contributed by atoms with E-state index in [9.17, 15) is 15.0 Å². The predicted octanol–water partition coefficient (Wildman–Crippen LogP) is 26.4. The van der Waals surface area contributed by atoms with Crippen LogP contribution in [-0.4, -0.2) is 34.9 Å². The highest BCUT2D eigenvalue weighted by Gasteiger charge is 2.20. The third-order valence-corrected chi connectivity index (χ3v) is 17.7. The highest BCUT2D eigenvalue weighted by molar-refractivity contribution is 5.76. The van der Waals surface area contributed by atoms with Gasteiger partial charge < -0.3 is 15.5 Å². The molecular weight excluding hydrogens is 1020 g/mol.